The first-order chi connectivity index (χ1) is 6.74. The highest BCUT2D eigenvalue weighted by molar-refractivity contribution is 5.77. The lowest BCUT2D eigenvalue weighted by Gasteiger charge is -2.14. The number of likely N-dealkylation sites (N-methyl/N-ethyl adjacent to an activating group) is 1. The third kappa shape index (κ3) is 3.22. The molecule has 0 aromatic carbocycles. The minimum Gasteiger partial charge on any atom is -0.468 e. The molecule has 0 aliphatic heterocycles. The van der Waals surface area contributed by atoms with E-state index >= 15 is 0 Å². The van der Waals surface area contributed by atoms with Gasteiger partial charge in [0.25, 0.3) is 0 Å². The van der Waals surface area contributed by atoms with Gasteiger partial charge in [0.2, 0.25) is 5.91 Å². The molecule has 1 amide bonds. The summed E-state index contributed by atoms with van der Waals surface area (Å²) in [5, 5.41) is 3.02. The molecule has 0 fully saturated rings. The Bertz CT molecular complexity index is 270. The van der Waals surface area contributed by atoms with Crippen LogP contribution in [0.25, 0.3) is 0 Å². The van der Waals surface area contributed by atoms with Crippen LogP contribution in [-0.4, -0.2) is 30.9 Å². The van der Waals surface area contributed by atoms with Crippen molar-refractivity contribution in [3.63, 3.8) is 0 Å². The maximum atomic E-state index is 11.3. The van der Waals surface area contributed by atoms with E-state index in [9.17, 15) is 4.79 Å². The van der Waals surface area contributed by atoms with E-state index in [2.05, 4.69) is 5.32 Å². The highest BCUT2D eigenvalue weighted by atomic mass is 16.3. The molecular formula is C10H16N2O2. The van der Waals surface area contributed by atoms with Crippen molar-refractivity contribution < 1.29 is 9.21 Å². The van der Waals surface area contributed by atoms with Crippen molar-refractivity contribution in [2.24, 2.45) is 0 Å². The Morgan fingerprint density at radius 1 is 1.64 bits per heavy atom. The summed E-state index contributed by atoms with van der Waals surface area (Å²) in [6.07, 6.45) is 1.62. The Hall–Kier alpha value is -1.29. The predicted molar refractivity (Wildman–Crippen MR) is 53.7 cm³/mol. The van der Waals surface area contributed by atoms with Crippen molar-refractivity contribution in [2.45, 2.75) is 13.5 Å². The van der Waals surface area contributed by atoms with E-state index in [0.29, 0.717) is 13.1 Å². The molecule has 1 N–H and O–H groups in total. The second kappa shape index (κ2) is 5.44. The van der Waals surface area contributed by atoms with Crippen LogP contribution in [0.4, 0.5) is 0 Å². The van der Waals surface area contributed by atoms with Crippen molar-refractivity contribution >= 4 is 5.91 Å². The number of hydrogen-bond acceptors (Lipinski definition) is 3. The van der Waals surface area contributed by atoms with E-state index < -0.39 is 0 Å². The third-order valence-electron chi connectivity index (χ3n) is 2.06. The van der Waals surface area contributed by atoms with Crippen molar-refractivity contribution in [3.8, 4) is 0 Å². The zero-order chi connectivity index (χ0) is 10.4. The molecule has 0 saturated heterocycles. The van der Waals surface area contributed by atoms with Crippen LogP contribution in [0.5, 0.6) is 0 Å². The molecule has 1 aromatic rings. The SMILES string of the molecule is CCN(C)C(=O)CNCc1ccco1. The van der Waals surface area contributed by atoms with Crippen LogP contribution in [0.15, 0.2) is 22.8 Å². The number of amides is 1. The summed E-state index contributed by atoms with van der Waals surface area (Å²) < 4.78 is 5.11. The Kier molecular flexibility index (Phi) is 4.19. The lowest BCUT2D eigenvalue weighted by atomic mass is 10.4. The minimum absolute atomic E-state index is 0.0963. The molecular weight excluding hydrogens is 180 g/mol. The molecule has 4 nitrogen and oxygen atoms in total. The topological polar surface area (TPSA) is 45.5 Å². The molecule has 4 heteroatoms. The summed E-state index contributed by atoms with van der Waals surface area (Å²) in [5.41, 5.74) is 0. The van der Waals surface area contributed by atoms with Gasteiger partial charge >= 0.3 is 0 Å². The number of furan rings is 1. The van der Waals surface area contributed by atoms with Crippen LogP contribution >= 0.6 is 0 Å². The van der Waals surface area contributed by atoms with Gasteiger partial charge in [0, 0.05) is 13.6 Å². The molecule has 0 atom stereocenters. The van der Waals surface area contributed by atoms with Crippen LogP contribution < -0.4 is 5.32 Å². The first kappa shape index (κ1) is 10.8. The summed E-state index contributed by atoms with van der Waals surface area (Å²) >= 11 is 0. The highest BCUT2D eigenvalue weighted by Crippen LogP contribution is 1.98. The lowest BCUT2D eigenvalue weighted by molar-refractivity contribution is -0.128. The van der Waals surface area contributed by atoms with Crippen LogP contribution in [-0.2, 0) is 11.3 Å². The number of carbonyl (C=O) groups excluding carboxylic acids is 1. The number of nitrogens with zero attached hydrogens (tertiary/aromatic N) is 1. The quantitative estimate of drug-likeness (QED) is 0.759. The Labute approximate surface area is 83.9 Å². The van der Waals surface area contributed by atoms with E-state index in [0.717, 1.165) is 12.3 Å². The van der Waals surface area contributed by atoms with Gasteiger partial charge in [-0.3, -0.25) is 4.79 Å². The summed E-state index contributed by atoms with van der Waals surface area (Å²) in [6, 6.07) is 3.71. The van der Waals surface area contributed by atoms with Crippen molar-refractivity contribution in [1.82, 2.24) is 10.2 Å². The average Bonchev–Trinajstić information content (AvgIpc) is 2.69. The highest BCUT2D eigenvalue weighted by Gasteiger charge is 2.05. The predicted octanol–water partition coefficient (Wildman–Crippen LogP) is 0.847. The number of hydrogen-bond donors (Lipinski definition) is 1. The van der Waals surface area contributed by atoms with Crippen LogP contribution in [0.1, 0.15) is 12.7 Å². The van der Waals surface area contributed by atoms with Crippen LogP contribution in [0.2, 0.25) is 0 Å². The van der Waals surface area contributed by atoms with E-state index in [-0.39, 0.29) is 5.91 Å². The van der Waals surface area contributed by atoms with Gasteiger partial charge in [-0.1, -0.05) is 0 Å². The Morgan fingerprint density at radius 3 is 3.00 bits per heavy atom. The maximum Gasteiger partial charge on any atom is 0.236 e. The summed E-state index contributed by atoms with van der Waals surface area (Å²) in [4.78, 5) is 13.0. The van der Waals surface area contributed by atoms with E-state index in [1.165, 1.54) is 0 Å². The summed E-state index contributed by atoms with van der Waals surface area (Å²) in [6.45, 7) is 3.63. The van der Waals surface area contributed by atoms with Gasteiger partial charge < -0.3 is 14.6 Å². The molecule has 0 unspecified atom stereocenters. The van der Waals surface area contributed by atoms with Gasteiger partial charge in [-0.2, -0.15) is 0 Å². The Balaban J connectivity index is 2.18. The number of nitrogens with one attached hydrogen (secondary N) is 1. The maximum absolute atomic E-state index is 11.3. The lowest BCUT2D eigenvalue weighted by Crippen LogP contribution is -2.35. The first-order valence-corrected chi connectivity index (χ1v) is 4.71. The van der Waals surface area contributed by atoms with Crippen molar-refractivity contribution in [3.05, 3.63) is 24.2 Å². The Morgan fingerprint density at radius 2 is 2.43 bits per heavy atom. The van der Waals surface area contributed by atoms with E-state index in [1.54, 1.807) is 18.2 Å². The fourth-order valence-corrected chi connectivity index (χ4v) is 1.02. The molecule has 0 radical (unpaired) electrons. The fraction of sp³-hybridized carbons (Fsp3) is 0.500. The summed E-state index contributed by atoms with van der Waals surface area (Å²) in [7, 11) is 1.79. The van der Waals surface area contributed by atoms with Crippen LogP contribution in [0.3, 0.4) is 0 Å². The normalized spacial score (nSPS) is 10.1. The molecule has 0 spiro atoms. The second-order valence-corrected chi connectivity index (χ2v) is 3.09. The molecule has 1 aromatic heterocycles. The van der Waals surface area contributed by atoms with Gasteiger partial charge in [-0.15, -0.1) is 0 Å². The molecule has 0 aliphatic carbocycles. The minimum atomic E-state index is 0.0963. The van der Waals surface area contributed by atoms with Gasteiger partial charge in [-0.05, 0) is 19.1 Å². The van der Waals surface area contributed by atoms with E-state index in [4.69, 9.17) is 4.42 Å². The van der Waals surface area contributed by atoms with Gasteiger partial charge in [0.1, 0.15) is 5.76 Å². The van der Waals surface area contributed by atoms with Crippen molar-refractivity contribution in [1.29, 1.82) is 0 Å². The van der Waals surface area contributed by atoms with Gasteiger partial charge in [0.15, 0.2) is 0 Å². The zero-order valence-corrected chi connectivity index (χ0v) is 8.62. The number of rotatable bonds is 5. The third-order valence-corrected chi connectivity index (χ3v) is 2.06. The fourth-order valence-electron chi connectivity index (χ4n) is 1.02. The molecule has 0 aliphatic rings. The molecule has 14 heavy (non-hydrogen) atoms. The second-order valence-electron chi connectivity index (χ2n) is 3.09. The molecule has 0 saturated carbocycles. The monoisotopic (exact) mass is 196 g/mol. The molecule has 1 heterocycles. The van der Waals surface area contributed by atoms with Gasteiger partial charge in [0.05, 0.1) is 19.4 Å². The first-order valence-electron chi connectivity index (χ1n) is 4.71. The van der Waals surface area contributed by atoms with E-state index in [1.807, 2.05) is 19.1 Å². The summed E-state index contributed by atoms with van der Waals surface area (Å²) in [5.74, 6) is 0.941. The number of carbonyl (C=O) groups is 1. The molecule has 0 bridgehead atoms. The van der Waals surface area contributed by atoms with Gasteiger partial charge in [-0.25, -0.2) is 0 Å². The van der Waals surface area contributed by atoms with Crippen LogP contribution in [0, 0.1) is 0 Å². The molecule has 78 valence electrons. The standard InChI is InChI=1S/C10H16N2O2/c1-3-12(2)10(13)8-11-7-9-5-4-6-14-9/h4-6,11H,3,7-8H2,1-2H3. The largest absolute Gasteiger partial charge is 0.468 e. The smallest absolute Gasteiger partial charge is 0.236 e. The van der Waals surface area contributed by atoms with Crippen molar-refractivity contribution in [2.75, 3.05) is 20.1 Å². The molecule has 1 rings (SSSR count). The zero-order valence-electron chi connectivity index (χ0n) is 8.62. The average molecular weight is 196 g/mol.